The van der Waals surface area contributed by atoms with Crippen LogP contribution in [0.4, 0.5) is 5.69 Å². The summed E-state index contributed by atoms with van der Waals surface area (Å²) in [7, 11) is 1.94. The SMILES string of the molecule is CN(C(=O)CSc1ccccc1N)C1CCCCC1. The van der Waals surface area contributed by atoms with Gasteiger partial charge in [-0.2, -0.15) is 0 Å². The van der Waals surface area contributed by atoms with Crippen LogP contribution in [-0.2, 0) is 4.79 Å². The van der Waals surface area contributed by atoms with Crippen LogP contribution in [0.1, 0.15) is 32.1 Å². The molecule has 0 saturated heterocycles. The van der Waals surface area contributed by atoms with Crippen LogP contribution in [0.2, 0.25) is 0 Å². The van der Waals surface area contributed by atoms with Crippen LogP contribution in [0.3, 0.4) is 0 Å². The van der Waals surface area contributed by atoms with Gasteiger partial charge in [0.25, 0.3) is 0 Å². The summed E-state index contributed by atoms with van der Waals surface area (Å²) < 4.78 is 0. The molecule has 19 heavy (non-hydrogen) atoms. The van der Waals surface area contributed by atoms with Crippen LogP contribution in [-0.4, -0.2) is 29.6 Å². The van der Waals surface area contributed by atoms with E-state index in [0.29, 0.717) is 11.8 Å². The van der Waals surface area contributed by atoms with Gasteiger partial charge in [0.15, 0.2) is 0 Å². The second kappa shape index (κ2) is 6.85. The minimum Gasteiger partial charge on any atom is -0.398 e. The second-order valence-corrected chi connectivity index (χ2v) is 6.14. The number of nitrogen functional groups attached to an aromatic ring is 1. The average Bonchev–Trinajstić information content (AvgIpc) is 2.46. The van der Waals surface area contributed by atoms with Gasteiger partial charge in [-0.1, -0.05) is 31.4 Å². The molecule has 1 aromatic carbocycles. The third-order valence-corrected chi connectivity index (χ3v) is 4.86. The minimum atomic E-state index is 0.208. The van der Waals surface area contributed by atoms with Crippen molar-refractivity contribution in [3.05, 3.63) is 24.3 Å². The highest BCUT2D eigenvalue weighted by atomic mass is 32.2. The fourth-order valence-electron chi connectivity index (χ4n) is 2.53. The molecule has 1 aliphatic rings. The third kappa shape index (κ3) is 3.90. The number of thioether (sulfide) groups is 1. The van der Waals surface area contributed by atoms with Gasteiger partial charge in [-0.05, 0) is 25.0 Å². The summed E-state index contributed by atoms with van der Waals surface area (Å²) in [5.41, 5.74) is 6.63. The lowest BCUT2D eigenvalue weighted by Gasteiger charge is -2.31. The molecule has 0 atom stereocenters. The van der Waals surface area contributed by atoms with E-state index >= 15 is 0 Å². The van der Waals surface area contributed by atoms with Gasteiger partial charge in [-0.3, -0.25) is 4.79 Å². The van der Waals surface area contributed by atoms with Gasteiger partial charge in [-0.25, -0.2) is 0 Å². The van der Waals surface area contributed by atoms with E-state index in [1.54, 1.807) is 0 Å². The van der Waals surface area contributed by atoms with E-state index in [9.17, 15) is 4.79 Å². The van der Waals surface area contributed by atoms with Crippen molar-refractivity contribution in [2.45, 2.75) is 43.0 Å². The first-order chi connectivity index (χ1) is 9.18. The maximum Gasteiger partial charge on any atom is 0.232 e. The van der Waals surface area contributed by atoms with Gasteiger partial charge < -0.3 is 10.6 Å². The van der Waals surface area contributed by atoms with Crippen molar-refractivity contribution in [2.75, 3.05) is 18.5 Å². The molecular formula is C15H22N2OS. The highest BCUT2D eigenvalue weighted by molar-refractivity contribution is 8.00. The molecular weight excluding hydrogens is 256 g/mol. The molecule has 0 aliphatic heterocycles. The Morgan fingerprint density at radius 3 is 2.68 bits per heavy atom. The van der Waals surface area contributed by atoms with Gasteiger partial charge in [0.2, 0.25) is 5.91 Å². The number of amides is 1. The monoisotopic (exact) mass is 278 g/mol. The molecule has 1 aliphatic carbocycles. The topological polar surface area (TPSA) is 46.3 Å². The molecule has 1 fully saturated rings. The van der Waals surface area contributed by atoms with Crippen molar-refractivity contribution in [2.24, 2.45) is 0 Å². The van der Waals surface area contributed by atoms with Crippen molar-refractivity contribution in [3.63, 3.8) is 0 Å². The molecule has 4 heteroatoms. The summed E-state index contributed by atoms with van der Waals surface area (Å²) in [5, 5.41) is 0. The van der Waals surface area contributed by atoms with Gasteiger partial charge in [0.05, 0.1) is 5.75 Å². The van der Waals surface area contributed by atoms with Crippen molar-refractivity contribution in [3.8, 4) is 0 Å². The highest BCUT2D eigenvalue weighted by Crippen LogP contribution is 2.26. The first kappa shape index (κ1) is 14.3. The lowest BCUT2D eigenvalue weighted by Crippen LogP contribution is -2.39. The quantitative estimate of drug-likeness (QED) is 0.680. The van der Waals surface area contributed by atoms with Crippen molar-refractivity contribution in [1.29, 1.82) is 0 Å². The molecule has 2 rings (SSSR count). The molecule has 1 saturated carbocycles. The first-order valence-corrected chi connectivity index (χ1v) is 7.90. The maximum atomic E-state index is 12.2. The number of nitrogens with zero attached hydrogens (tertiary/aromatic N) is 1. The van der Waals surface area contributed by atoms with Crippen LogP contribution >= 0.6 is 11.8 Å². The second-order valence-electron chi connectivity index (χ2n) is 5.12. The molecule has 0 bridgehead atoms. The number of anilines is 1. The van der Waals surface area contributed by atoms with Crippen LogP contribution in [0.15, 0.2) is 29.2 Å². The molecule has 1 aromatic rings. The summed E-state index contributed by atoms with van der Waals surface area (Å²) >= 11 is 1.53. The number of nitrogens with two attached hydrogens (primary N) is 1. The molecule has 0 heterocycles. The number of benzene rings is 1. The predicted octanol–water partition coefficient (Wildman–Crippen LogP) is 3.15. The zero-order valence-corrected chi connectivity index (χ0v) is 12.3. The maximum absolute atomic E-state index is 12.2. The number of hydrogen-bond donors (Lipinski definition) is 1. The largest absolute Gasteiger partial charge is 0.398 e. The van der Waals surface area contributed by atoms with E-state index in [0.717, 1.165) is 23.4 Å². The van der Waals surface area contributed by atoms with E-state index in [4.69, 9.17) is 5.73 Å². The van der Waals surface area contributed by atoms with Crippen molar-refractivity contribution >= 4 is 23.4 Å². The standard InChI is InChI=1S/C15H22N2OS/c1-17(12-7-3-2-4-8-12)15(18)11-19-14-10-6-5-9-13(14)16/h5-6,9-10,12H,2-4,7-8,11,16H2,1H3. The number of rotatable bonds is 4. The minimum absolute atomic E-state index is 0.208. The first-order valence-electron chi connectivity index (χ1n) is 6.91. The zero-order chi connectivity index (χ0) is 13.7. The lowest BCUT2D eigenvalue weighted by molar-refractivity contribution is -0.129. The Morgan fingerprint density at radius 2 is 2.00 bits per heavy atom. The highest BCUT2D eigenvalue weighted by Gasteiger charge is 2.21. The van der Waals surface area contributed by atoms with Gasteiger partial charge in [0, 0.05) is 23.7 Å². The Bertz CT molecular complexity index is 430. The zero-order valence-electron chi connectivity index (χ0n) is 11.5. The van der Waals surface area contributed by atoms with Crippen LogP contribution < -0.4 is 5.73 Å². The van der Waals surface area contributed by atoms with Gasteiger partial charge in [-0.15, -0.1) is 11.8 Å². The summed E-state index contributed by atoms with van der Waals surface area (Å²) in [5.74, 6) is 0.682. The molecule has 0 unspecified atom stereocenters. The summed E-state index contributed by atoms with van der Waals surface area (Å²) in [6.07, 6.45) is 6.12. The Kier molecular flexibility index (Phi) is 5.14. The van der Waals surface area contributed by atoms with E-state index in [2.05, 4.69) is 0 Å². The molecule has 3 nitrogen and oxygen atoms in total. The van der Waals surface area contributed by atoms with E-state index in [1.165, 1.54) is 31.0 Å². The fraction of sp³-hybridized carbons (Fsp3) is 0.533. The average molecular weight is 278 g/mol. The van der Waals surface area contributed by atoms with E-state index in [-0.39, 0.29) is 5.91 Å². The van der Waals surface area contributed by atoms with Crippen molar-refractivity contribution in [1.82, 2.24) is 4.90 Å². The molecule has 104 valence electrons. The summed E-state index contributed by atoms with van der Waals surface area (Å²) in [6.45, 7) is 0. The Hall–Kier alpha value is -1.16. The molecule has 0 radical (unpaired) electrons. The summed E-state index contributed by atoms with van der Waals surface area (Å²) in [4.78, 5) is 15.1. The van der Waals surface area contributed by atoms with Crippen LogP contribution in [0.5, 0.6) is 0 Å². The predicted molar refractivity (Wildman–Crippen MR) is 81.2 cm³/mol. The van der Waals surface area contributed by atoms with E-state index in [1.807, 2.05) is 36.2 Å². The third-order valence-electron chi connectivity index (χ3n) is 3.79. The van der Waals surface area contributed by atoms with Crippen molar-refractivity contribution < 1.29 is 4.79 Å². The Morgan fingerprint density at radius 1 is 1.32 bits per heavy atom. The number of carbonyl (C=O) groups excluding carboxylic acids is 1. The van der Waals surface area contributed by atoms with Gasteiger partial charge >= 0.3 is 0 Å². The number of para-hydroxylation sites is 1. The van der Waals surface area contributed by atoms with Gasteiger partial charge in [0.1, 0.15) is 0 Å². The normalized spacial score (nSPS) is 16.3. The Balaban J connectivity index is 1.85. The molecule has 1 amide bonds. The van der Waals surface area contributed by atoms with Crippen LogP contribution in [0.25, 0.3) is 0 Å². The smallest absolute Gasteiger partial charge is 0.232 e. The molecule has 0 spiro atoms. The number of hydrogen-bond acceptors (Lipinski definition) is 3. The van der Waals surface area contributed by atoms with E-state index < -0.39 is 0 Å². The Labute approximate surface area is 119 Å². The molecule has 0 aromatic heterocycles. The molecule has 2 N–H and O–H groups in total. The lowest BCUT2D eigenvalue weighted by atomic mass is 9.94. The van der Waals surface area contributed by atoms with Crippen LogP contribution in [0, 0.1) is 0 Å². The summed E-state index contributed by atoms with van der Waals surface area (Å²) in [6, 6.07) is 8.14. The fourth-order valence-corrected chi connectivity index (χ4v) is 3.42. The number of carbonyl (C=O) groups is 1.